The molecule has 0 unspecified atom stereocenters. The van der Waals surface area contributed by atoms with Crippen molar-refractivity contribution in [2.75, 3.05) is 43.0 Å². The van der Waals surface area contributed by atoms with Crippen LogP contribution < -0.4 is 15.0 Å². The number of halogens is 1. The lowest BCUT2D eigenvalue weighted by Gasteiger charge is -2.36. The van der Waals surface area contributed by atoms with E-state index in [0.29, 0.717) is 5.69 Å². The molecule has 0 spiro atoms. The van der Waals surface area contributed by atoms with E-state index in [1.165, 1.54) is 5.56 Å². The molecule has 1 saturated heterocycles. The van der Waals surface area contributed by atoms with Gasteiger partial charge < -0.3 is 15.0 Å². The van der Waals surface area contributed by atoms with E-state index in [4.69, 9.17) is 4.74 Å². The van der Waals surface area contributed by atoms with E-state index in [9.17, 15) is 19.3 Å². The third-order valence-corrected chi connectivity index (χ3v) is 5.61. The van der Waals surface area contributed by atoms with Gasteiger partial charge in [0.25, 0.3) is 5.91 Å². The Hall–Kier alpha value is -3.98. The van der Waals surface area contributed by atoms with Crippen molar-refractivity contribution in [3.8, 4) is 5.75 Å². The van der Waals surface area contributed by atoms with Gasteiger partial charge in [0.15, 0.2) is 6.61 Å². The largest absolute Gasteiger partial charge is 0.477 e. The molecule has 3 aromatic rings. The highest BCUT2D eigenvalue weighted by atomic mass is 19.1. The first-order valence-electron chi connectivity index (χ1n) is 11.0. The highest BCUT2D eigenvalue weighted by molar-refractivity contribution is 5.92. The van der Waals surface area contributed by atoms with Gasteiger partial charge in [0.1, 0.15) is 5.82 Å². The number of hydrogen-bond acceptors (Lipinski definition) is 6. The fourth-order valence-electron chi connectivity index (χ4n) is 3.86. The second kappa shape index (κ2) is 10.8. The minimum absolute atomic E-state index is 0.290. The Morgan fingerprint density at radius 3 is 2.38 bits per heavy atom. The normalized spacial score (nSPS) is 14.0. The number of nitrogens with one attached hydrogen (secondary N) is 1. The minimum Gasteiger partial charge on any atom is -0.477 e. The van der Waals surface area contributed by atoms with Gasteiger partial charge in [-0.15, -0.1) is 0 Å². The molecule has 0 bridgehead atoms. The van der Waals surface area contributed by atoms with Crippen LogP contribution in [0.15, 0.2) is 72.8 Å². The molecule has 1 fully saturated rings. The van der Waals surface area contributed by atoms with Gasteiger partial charge in [-0.2, -0.15) is 0 Å². The molecule has 8 nitrogen and oxygen atoms in total. The number of nitrogens with zero attached hydrogens (tertiary/aromatic N) is 3. The number of amides is 1. The first kappa shape index (κ1) is 23.2. The number of carbonyl (C=O) groups is 1. The topological polar surface area (TPSA) is 87.9 Å². The minimum atomic E-state index is -0.688. The maximum Gasteiger partial charge on any atom is 0.311 e. The monoisotopic (exact) mass is 464 g/mol. The van der Waals surface area contributed by atoms with E-state index in [-0.39, 0.29) is 5.75 Å². The van der Waals surface area contributed by atoms with E-state index in [0.717, 1.165) is 56.6 Å². The molecule has 1 aliphatic heterocycles. The van der Waals surface area contributed by atoms with Crippen LogP contribution in [-0.2, 0) is 11.3 Å². The Morgan fingerprint density at radius 1 is 1.00 bits per heavy atom. The number of rotatable bonds is 8. The zero-order valence-electron chi connectivity index (χ0n) is 18.5. The van der Waals surface area contributed by atoms with Gasteiger partial charge in [-0.1, -0.05) is 30.3 Å². The summed E-state index contributed by atoms with van der Waals surface area (Å²) in [5.74, 6) is -1.47. The highest BCUT2D eigenvalue weighted by Gasteiger charge is 2.19. The van der Waals surface area contributed by atoms with Crippen LogP contribution in [0.1, 0.15) is 5.56 Å². The van der Waals surface area contributed by atoms with Crippen molar-refractivity contribution in [3.63, 3.8) is 0 Å². The standard InChI is InChI=1S/C25H25FN4O4/c26-20-6-11-23(30(32)33)24(16-20)34-18-25(31)27-21-7-9-22(10-8-21)29-14-12-28(13-15-29)17-19-4-2-1-3-5-19/h1-11,16H,12-15,17-18H2,(H,27,31). The van der Waals surface area contributed by atoms with E-state index < -0.39 is 28.9 Å². The molecule has 1 aliphatic rings. The number of carbonyl (C=O) groups excluding carboxylic acids is 1. The summed E-state index contributed by atoms with van der Waals surface area (Å²) in [4.78, 5) is 27.3. The predicted octanol–water partition coefficient (Wildman–Crippen LogP) is 4.07. The second-order valence-electron chi connectivity index (χ2n) is 8.00. The number of nitro groups is 1. The second-order valence-corrected chi connectivity index (χ2v) is 8.00. The lowest BCUT2D eigenvalue weighted by Crippen LogP contribution is -2.45. The number of ether oxygens (including phenoxy) is 1. The Balaban J connectivity index is 1.26. The van der Waals surface area contributed by atoms with Gasteiger partial charge in [-0.05, 0) is 35.9 Å². The number of anilines is 2. The third-order valence-electron chi connectivity index (χ3n) is 5.61. The smallest absolute Gasteiger partial charge is 0.311 e. The zero-order chi connectivity index (χ0) is 23.9. The van der Waals surface area contributed by atoms with Crippen LogP contribution in [0.2, 0.25) is 0 Å². The number of nitro benzene ring substituents is 1. The van der Waals surface area contributed by atoms with E-state index in [1.807, 2.05) is 18.2 Å². The van der Waals surface area contributed by atoms with Gasteiger partial charge >= 0.3 is 5.69 Å². The van der Waals surface area contributed by atoms with Crippen molar-refractivity contribution in [3.05, 3.63) is 94.3 Å². The summed E-state index contributed by atoms with van der Waals surface area (Å²) in [6, 6.07) is 20.8. The summed E-state index contributed by atoms with van der Waals surface area (Å²) in [6.45, 7) is 4.24. The van der Waals surface area contributed by atoms with Crippen LogP contribution >= 0.6 is 0 Å². The average Bonchev–Trinajstić information content (AvgIpc) is 2.84. The van der Waals surface area contributed by atoms with Crippen molar-refractivity contribution < 1.29 is 18.8 Å². The summed E-state index contributed by atoms with van der Waals surface area (Å²) >= 11 is 0. The Morgan fingerprint density at radius 2 is 1.71 bits per heavy atom. The molecule has 0 aromatic heterocycles. The average molecular weight is 464 g/mol. The first-order valence-corrected chi connectivity index (χ1v) is 11.0. The van der Waals surface area contributed by atoms with Crippen molar-refractivity contribution in [2.24, 2.45) is 0 Å². The maximum absolute atomic E-state index is 13.4. The molecule has 1 amide bonds. The summed E-state index contributed by atoms with van der Waals surface area (Å²) in [6.07, 6.45) is 0. The Bertz CT molecular complexity index is 1130. The van der Waals surface area contributed by atoms with Gasteiger partial charge in [0, 0.05) is 56.2 Å². The van der Waals surface area contributed by atoms with Gasteiger partial charge in [-0.3, -0.25) is 19.8 Å². The van der Waals surface area contributed by atoms with Crippen molar-refractivity contribution in [1.82, 2.24) is 4.90 Å². The maximum atomic E-state index is 13.4. The van der Waals surface area contributed by atoms with Gasteiger partial charge in [-0.25, -0.2) is 4.39 Å². The van der Waals surface area contributed by atoms with Crippen molar-refractivity contribution >= 4 is 23.0 Å². The fourth-order valence-corrected chi connectivity index (χ4v) is 3.86. The summed E-state index contributed by atoms with van der Waals surface area (Å²) < 4.78 is 18.6. The van der Waals surface area contributed by atoms with E-state index in [1.54, 1.807) is 12.1 Å². The summed E-state index contributed by atoms with van der Waals surface area (Å²) in [5.41, 5.74) is 2.56. The molecular weight excluding hydrogens is 439 g/mol. The van der Waals surface area contributed by atoms with Crippen molar-refractivity contribution in [2.45, 2.75) is 6.54 Å². The summed E-state index contributed by atoms with van der Waals surface area (Å²) in [7, 11) is 0. The molecular formula is C25H25FN4O4. The fraction of sp³-hybridized carbons (Fsp3) is 0.240. The van der Waals surface area contributed by atoms with Gasteiger partial charge in [0.05, 0.1) is 4.92 Å². The molecule has 0 atom stereocenters. The quantitative estimate of drug-likeness (QED) is 0.399. The van der Waals surface area contributed by atoms with Crippen LogP contribution in [0.4, 0.5) is 21.5 Å². The van der Waals surface area contributed by atoms with E-state index >= 15 is 0 Å². The van der Waals surface area contributed by atoms with Crippen LogP contribution in [0.3, 0.4) is 0 Å². The Kier molecular flexibility index (Phi) is 7.34. The molecule has 1 heterocycles. The lowest BCUT2D eigenvalue weighted by atomic mass is 10.2. The molecule has 4 rings (SSSR count). The van der Waals surface area contributed by atoms with Crippen LogP contribution in [0.5, 0.6) is 5.75 Å². The van der Waals surface area contributed by atoms with Crippen LogP contribution in [0.25, 0.3) is 0 Å². The Labute approximate surface area is 196 Å². The van der Waals surface area contributed by atoms with Crippen molar-refractivity contribution in [1.29, 1.82) is 0 Å². The molecule has 1 N–H and O–H groups in total. The number of hydrogen-bond donors (Lipinski definition) is 1. The predicted molar refractivity (Wildman–Crippen MR) is 128 cm³/mol. The highest BCUT2D eigenvalue weighted by Crippen LogP contribution is 2.27. The molecule has 0 saturated carbocycles. The molecule has 9 heteroatoms. The summed E-state index contributed by atoms with van der Waals surface area (Å²) in [5, 5.41) is 13.7. The number of piperazine rings is 1. The molecule has 3 aromatic carbocycles. The molecule has 176 valence electrons. The SMILES string of the molecule is O=C(COc1cc(F)ccc1[N+](=O)[O-])Nc1ccc(N2CCN(Cc3ccccc3)CC2)cc1. The molecule has 34 heavy (non-hydrogen) atoms. The lowest BCUT2D eigenvalue weighted by molar-refractivity contribution is -0.385. The molecule has 0 aliphatic carbocycles. The van der Waals surface area contributed by atoms with Crippen LogP contribution in [-0.4, -0.2) is 48.5 Å². The van der Waals surface area contributed by atoms with E-state index in [2.05, 4.69) is 39.4 Å². The third kappa shape index (κ3) is 6.08. The zero-order valence-corrected chi connectivity index (χ0v) is 18.5. The first-order chi connectivity index (χ1) is 16.5. The van der Waals surface area contributed by atoms with Crippen LogP contribution in [0, 0.1) is 15.9 Å². The number of benzene rings is 3. The molecule has 0 radical (unpaired) electrons. The van der Waals surface area contributed by atoms with Gasteiger partial charge in [0.2, 0.25) is 5.75 Å².